The molecule has 3 heteroatoms. The van der Waals surface area contributed by atoms with E-state index in [0.29, 0.717) is 0 Å². The number of rotatable bonds is 2. The molecule has 0 aromatic heterocycles. The Labute approximate surface area is 102 Å². The molecular formula is C13H11BrO2. The lowest BCUT2D eigenvalue weighted by atomic mass is 10.0. The first-order chi connectivity index (χ1) is 7.69. The highest BCUT2D eigenvalue weighted by Crippen LogP contribution is 2.28. The SMILES string of the molecule is OCc1ccc(-c2cc(O)cc(Br)c2)cc1. The van der Waals surface area contributed by atoms with Crippen LogP contribution in [0.4, 0.5) is 0 Å². The molecule has 0 saturated carbocycles. The molecule has 0 bridgehead atoms. The zero-order valence-electron chi connectivity index (χ0n) is 8.52. The zero-order valence-corrected chi connectivity index (χ0v) is 10.1. The average Bonchev–Trinajstić information content (AvgIpc) is 2.28. The van der Waals surface area contributed by atoms with Gasteiger partial charge in [-0.05, 0) is 34.9 Å². The number of aliphatic hydroxyl groups excluding tert-OH is 1. The molecule has 16 heavy (non-hydrogen) atoms. The molecule has 0 heterocycles. The van der Waals surface area contributed by atoms with Gasteiger partial charge in [0.2, 0.25) is 0 Å². The van der Waals surface area contributed by atoms with Crippen LogP contribution in [0.1, 0.15) is 5.56 Å². The van der Waals surface area contributed by atoms with Crippen LogP contribution in [-0.4, -0.2) is 10.2 Å². The van der Waals surface area contributed by atoms with E-state index < -0.39 is 0 Å². The van der Waals surface area contributed by atoms with E-state index in [4.69, 9.17) is 5.11 Å². The van der Waals surface area contributed by atoms with E-state index in [0.717, 1.165) is 21.2 Å². The summed E-state index contributed by atoms with van der Waals surface area (Å²) >= 11 is 3.34. The van der Waals surface area contributed by atoms with Gasteiger partial charge >= 0.3 is 0 Å². The summed E-state index contributed by atoms with van der Waals surface area (Å²) in [5.74, 6) is 0.232. The third kappa shape index (κ3) is 2.43. The molecule has 0 spiro atoms. The van der Waals surface area contributed by atoms with Gasteiger partial charge in [-0.25, -0.2) is 0 Å². The van der Waals surface area contributed by atoms with E-state index in [1.807, 2.05) is 30.3 Å². The van der Waals surface area contributed by atoms with Gasteiger partial charge in [0.05, 0.1) is 6.61 Å². The molecule has 2 aromatic carbocycles. The Morgan fingerprint density at radius 1 is 0.938 bits per heavy atom. The van der Waals surface area contributed by atoms with Gasteiger partial charge in [0.25, 0.3) is 0 Å². The van der Waals surface area contributed by atoms with Gasteiger partial charge in [0, 0.05) is 4.47 Å². The lowest BCUT2D eigenvalue weighted by molar-refractivity contribution is 0.282. The van der Waals surface area contributed by atoms with E-state index in [2.05, 4.69) is 15.9 Å². The van der Waals surface area contributed by atoms with Gasteiger partial charge in [-0.15, -0.1) is 0 Å². The highest BCUT2D eigenvalue weighted by molar-refractivity contribution is 9.10. The van der Waals surface area contributed by atoms with Crippen molar-refractivity contribution in [2.24, 2.45) is 0 Å². The highest BCUT2D eigenvalue weighted by Gasteiger charge is 2.01. The summed E-state index contributed by atoms with van der Waals surface area (Å²) in [6.45, 7) is 0.0456. The minimum Gasteiger partial charge on any atom is -0.508 e. The topological polar surface area (TPSA) is 40.5 Å². The standard InChI is InChI=1S/C13H11BrO2/c14-12-5-11(6-13(16)7-12)10-3-1-9(8-15)2-4-10/h1-7,15-16H,8H2. The first-order valence-electron chi connectivity index (χ1n) is 4.89. The predicted molar refractivity (Wildman–Crippen MR) is 67.2 cm³/mol. The van der Waals surface area contributed by atoms with Gasteiger partial charge in [-0.3, -0.25) is 0 Å². The molecule has 2 rings (SSSR count). The van der Waals surface area contributed by atoms with Crippen LogP contribution in [0.2, 0.25) is 0 Å². The van der Waals surface area contributed by atoms with E-state index >= 15 is 0 Å². The number of benzene rings is 2. The molecule has 0 unspecified atom stereocenters. The fourth-order valence-corrected chi connectivity index (χ4v) is 2.02. The summed E-state index contributed by atoms with van der Waals surface area (Å²) in [5.41, 5.74) is 2.83. The second-order valence-corrected chi connectivity index (χ2v) is 4.47. The molecule has 0 aliphatic carbocycles. The van der Waals surface area contributed by atoms with Gasteiger partial charge in [-0.1, -0.05) is 40.2 Å². The second kappa shape index (κ2) is 4.68. The normalized spacial score (nSPS) is 10.4. The van der Waals surface area contributed by atoms with Gasteiger partial charge in [-0.2, -0.15) is 0 Å². The number of phenolic OH excluding ortho intramolecular Hbond substituents is 1. The molecule has 0 saturated heterocycles. The molecule has 2 N–H and O–H groups in total. The first-order valence-corrected chi connectivity index (χ1v) is 5.68. The van der Waals surface area contributed by atoms with Crippen molar-refractivity contribution in [2.75, 3.05) is 0 Å². The van der Waals surface area contributed by atoms with E-state index in [1.54, 1.807) is 12.1 Å². The Kier molecular flexibility index (Phi) is 3.27. The van der Waals surface area contributed by atoms with Crippen LogP contribution < -0.4 is 0 Å². The first kappa shape index (κ1) is 11.2. The average molecular weight is 279 g/mol. The summed E-state index contributed by atoms with van der Waals surface area (Å²) in [4.78, 5) is 0. The maximum absolute atomic E-state index is 9.49. The largest absolute Gasteiger partial charge is 0.508 e. The van der Waals surface area contributed by atoms with Crippen molar-refractivity contribution in [1.82, 2.24) is 0 Å². The van der Waals surface area contributed by atoms with Crippen molar-refractivity contribution in [3.63, 3.8) is 0 Å². The van der Waals surface area contributed by atoms with Crippen LogP contribution in [0, 0.1) is 0 Å². The summed E-state index contributed by atoms with van der Waals surface area (Å²) in [7, 11) is 0. The van der Waals surface area contributed by atoms with E-state index in [1.165, 1.54) is 0 Å². The van der Waals surface area contributed by atoms with Crippen LogP contribution in [0.3, 0.4) is 0 Å². The molecule has 0 radical (unpaired) electrons. The van der Waals surface area contributed by atoms with Crippen molar-refractivity contribution < 1.29 is 10.2 Å². The van der Waals surface area contributed by atoms with Crippen LogP contribution in [0.25, 0.3) is 11.1 Å². The maximum atomic E-state index is 9.49. The third-order valence-corrected chi connectivity index (χ3v) is 2.81. The lowest BCUT2D eigenvalue weighted by Crippen LogP contribution is -1.83. The molecule has 0 amide bonds. The number of aromatic hydroxyl groups is 1. The summed E-state index contributed by atoms with van der Waals surface area (Å²) in [6, 6.07) is 12.9. The number of halogens is 1. The molecule has 2 aromatic rings. The Balaban J connectivity index is 2.42. The van der Waals surface area contributed by atoms with Crippen LogP contribution in [-0.2, 0) is 6.61 Å². The maximum Gasteiger partial charge on any atom is 0.117 e. The van der Waals surface area contributed by atoms with Crippen molar-refractivity contribution in [1.29, 1.82) is 0 Å². The smallest absolute Gasteiger partial charge is 0.117 e. The molecule has 0 atom stereocenters. The minimum absolute atomic E-state index is 0.0456. The van der Waals surface area contributed by atoms with Gasteiger partial charge in [0.15, 0.2) is 0 Å². The Morgan fingerprint density at radius 3 is 2.19 bits per heavy atom. The lowest BCUT2D eigenvalue weighted by Gasteiger charge is -2.04. The number of hydrogen-bond acceptors (Lipinski definition) is 2. The monoisotopic (exact) mass is 278 g/mol. The fourth-order valence-electron chi connectivity index (χ4n) is 1.54. The van der Waals surface area contributed by atoms with E-state index in [9.17, 15) is 5.11 Å². The van der Waals surface area contributed by atoms with Gasteiger partial charge in [0.1, 0.15) is 5.75 Å². The van der Waals surface area contributed by atoms with Crippen LogP contribution in [0.5, 0.6) is 5.75 Å². The highest BCUT2D eigenvalue weighted by atomic mass is 79.9. The summed E-state index contributed by atoms with van der Waals surface area (Å²) in [5, 5.41) is 18.4. The molecule has 2 nitrogen and oxygen atoms in total. The Morgan fingerprint density at radius 2 is 1.62 bits per heavy atom. The third-order valence-electron chi connectivity index (χ3n) is 2.35. The molecule has 82 valence electrons. The molecule has 0 aliphatic rings. The zero-order chi connectivity index (χ0) is 11.5. The Hall–Kier alpha value is -1.32. The van der Waals surface area contributed by atoms with Crippen molar-refractivity contribution in [3.8, 4) is 16.9 Å². The van der Waals surface area contributed by atoms with Crippen molar-refractivity contribution in [3.05, 3.63) is 52.5 Å². The van der Waals surface area contributed by atoms with E-state index in [-0.39, 0.29) is 12.4 Å². The Bertz CT molecular complexity index is 472. The number of phenols is 1. The number of aliphatic hydroxyl groups is 1. The van der Waals surface area contributed by atoms with Crippen LogP contribution >= 0.6 is 15.9 Å². The van der Waals surface area contributed by atoms with Crippen molar-refractivity contribution in [2.45, 2.75) is 6.61 Å². The molecule has 0 aliphatic heterocycles. The quantitative estimate of drug-likeness (QED) is 0.885. The van der Waals surface area contributed by atoms with Crippen molar-refractivity contribution >= 4 is 15.9 Å². The molecule has 0 fully saturated rings. The number of hydrogen-bond donors (Lipinski definition) is 2. The summed E-state index contributed by atoms with van der Waals surface area (Å²) in [6.07, 6.45) is 0. The predicted octanol–water partition coefficient (Wildman–Crippen LogP) is 3.31. The summed E-state index contributed by atoms with van der Waals surface area (Å²) < 4.78 is 0.841. The minimum atomic E-state index is 0.0456. The van der Waals surface area contributed by atoms with Gasteiger partial charge < -0.3 is 10.2 Å². The van der Waals surface area contributed by atoms with Crippen LogP contribution in [0.15, 0.2) is 46.9 Å². The molecular weight excluding hydrogens is 268 g/mol. The second-order valence-electron chi connectivity index (χ2n) is 3.55. The fraction of sp³-hybridized carbons (Fsp3) is 0.0769.